The number of benzene rings is 1. The lowest BCUT2D eigenvalue weighted by atomic mass is 10.1. The smallest absolute Gasteiger partial charge is 0.0524 e. The molecule has 0 radical (unpaired) electrons. The number of halogens is 1. The van der Waals surface area contributed by atoms with Crippen molar-refractivity contribution in [3.8, 4) is 0 Å². The fourth-order valence-electron chi connectivity index (χ4n) is 0.817. The molecular formula is C11H14ClN. The van der Waals surface area contributed by atoms with Crippen LogP contribution in [0.3, 0.4) is 0 Å². The maximum Gasteiger partial charge on any atom is 0.0524 e. The topological polar surface area (TPSA) is 12.4 Å². The van der Waals surface area contributed by atoms with Crippen molar-refractivity contribution in [1.29, 1.82) is 0 Å². The predicted octanol–water partition coefficient (Wildman–Crippen LogP) is 3.56. The normalized spacial score (nSPS) is 12.3. The molecule has 70 valence electrons. The summed E-state index contributed by atoms with van der Waals surface area (Å²) >= 11 is 5.76. The van der Waals surface area contributed by atoms with Crippen LogP contribution in [-0.2, 0) is 0 Å². The first-order valence-electron chi connectivity index (χ1n) is 4.28. The summed E-state index contributed by atoms with van der Waals surface area (Å²) in [7, 11) is 0. The molecule has 13 heavy (non-hydrogen) atoms. The lowest BCUT2D eigenvalue weighted by Crippen LogP contribution is -2.09. The molecule has 1 aromatic carbocycles. The lowest BCUT2D eigenvalue weighted by molar-refractivity contribution is 0.586. The summed E-state index contributed by atoms with van der Waals surface area (Å²) in [6.07, 6.45) is 1.87. The minimum atomic E-state index is -0.0142. The fourth-order valence-corrected chi connectivity index (χ4v) is 0.943. The van der Waals surface area contributed by atoms with Gasteiger partial charge in [-0.1, -0.05) is 23.7 Å². The van der Waals surface area contributed by atoms with Gasteiger partial charge in [-0.2, -0.15) is 0 Å². The molecule has 1 rings (SSSR count). The summed E-state index contributed by atoms with van der Waals surface area (Å²) in [6, 6.07) is 7.65. The molecular weight excluding hydrogens is 182 g/mol. The van der Waals surface area contributed by atoms with Crippen LogP contribution in [0.2, 0.25) is 5.02 Å². The quantitative estimate of drug-likeness (QED) is 0.608. The Morgan fingerprint density at radius 3 is 2.15 bits per heavy atom. The summed E-state index contributed by atoms with van der Waals surface area (Å²) in [6.45, 7) is 6.21. The minimum absolute atomic E-state index is 0.0142. The first kappa shape index (κ1) is 10.3. The Bertz CT molecular complexity index is 293. The number of nitrogens with zero attached hydrogens (tertiary/aromatic N) is 1. The molecule has 0 heterocycles. The Labute approximate surface area is 84.5 Å². The van der Waals surface area contributed by atoms with Crippen molar-refractivity contribution < 1.29 is 0 Å². The molecule has 0 aliphatic heterocycles. The third kappa shape index (κ3) is 4.09. The highest BCUT2D eigenvalue weighted by Crippen LogP contribution is 2.10. The van der Waals surface area contributed by atoms with Crippen molar-refractivity contribution in [3.05, 3.63) is 34.9 Å². The van der Waals surface area contributed by atoms with E-state index in [1.807, 2.05) is 30.5 Å². The Kier molecular flexibility index (Phi) is 3.10. The summed E-state index contributed by atoms with van der Waals surface area (Å²) in [5.41, 5.74) is 1.07. The van der Waals surface area contributed by atoms with Gasteiger partial charge in [0.2, 0.25) is 0 Å². The second kappa shape index (κ2) is 3.93. The van der Waals surface area contributed by atoms with Crippen LogP contribution in [0.25, 0.3) is 0 Å². The second-order valence-corrected chi connectivity index (χ2v) is 4.42. The van der Waals surface area contributed by atoms with E-state index in [9.17, 15) is 0 Å². The number of rotatable bonds is 1. The molecule has 0 N–H and O–H groups in total. The van der Waals surface area contributed by atoms with E-state index >= 15 is 0 Å². The van der Waals surface area contributed by atoms with Gasteiger partial charge in [-0.25, -0.2) is 0 Å². The van der Waals surface area contributed by atoms with Crippen molar-refractivity contribution in [1.82, 2.24) is 0 Å². The van der Waals surface area contributed by atoms with Crippen molar-refractivity contribution in [2.24, 2.45) is 4.99 Å². The molecule has 1 nitrogen and oxygen atoms in total. The van der Waals surface area contributed by atoms with Crippen LogP contribution < -0.4 is 0 Å². The van der Waals surface area contributed by atoms with Gasteiger partial charge in [-0.3, -0.25) is 4.99 Å². The second-order valence-electron chi connectivity index (χ2n) is 3.98. The Morgan fingerprint density at radius 1 is 1.15 bits per heavy atom. The molecule has 2 heteroatoms. The highest BCUT2D eigenvalue weighted by atomic mass is 35.5. The van der Waals surface area contributed by atoms with Crippen molar-refractivity contribution >= 4 is 17.8 Å². The average molecular weight is 196 g/mol. The molecule has 0 saturated carbocycles. The highest BCUT2D eigenvalue weighted by Gasteiger charge is 2.04. The summed E-state index contributed by atoms with van der Waals surface area (Å²) in [4.78, 5) is 4.39. The summed E-state index contributed by atoms with van der Waals surface area (Å²) in [5, 5.41) is 0.757. The van der Waals surface area contributed by atoms with Gasteiger partial charge in [-0.15, -0.1) is 0 Å². The zero-order chi connectivity index (χ0) is 9.90. The lowest BCUT2D eigenvalue weighted by Gasteiger charge is -2.10. The monoisotopic (exact) mass is 195 g/mol. The SMILES string of the molecule is CC(C)(C)N=Cc1ccc(Cl)cc1. The van der Waals surface area contributed by atoms with Crippen molar-refractivity contribution in [2.45, 2.75) is 26.3 Å². The zero-order valence-electron chi connectivity index (χ0n) is 8.21. The largest absolute Gasteiger partial charge is 0.287 e. The van der Waals surface area contributed by atoms with Gasteiger partial charge in [0.1, 0.15) is 0 Å². The van der Waals surface area contributed by atoms with E-state index in [0.29, 0.717) is 0 Å². The van der Waals surface area contributed by atoms with Crippen molar-refractivity contribution in [3.63, 3.8) is 0 Å². The molecule has 0 saturated heterocycles. The third-order valence-corrected chi connectivity index (χ3v) is 1.72. The molecule has 0 aliphatic rings. The molecule has 1 aromatic rings. The fraction of sp³-hybridized carbons (Fsp3) is 0.364. The average Bonchev–Trinajstić information content (AvgIpc) is 2.02. The van der Waals surface area contributed by atoms with Crippen LogP contribution in [-0.4, -0.2) is 11.8 Å². The first-order chi connectivity index (χ1) is 5.97. The molecule has 0 atom stereocenters. The van der Waals surface area contributed by atoms with Gasteiger partial charge in [-0.05, 0) is 38.5 Å². The Hall–Kier alpha value is -0.820. The summed E-state index contributed by atoms with van der Waals surface area (Å²) < 4.78 is 0. The van der Waals surface area contributed by atoms with Crippen LogP contribution in [0.1, 0.15) is 26.3 Å². The number of aliphatic imine (C=N–C) groups is 1. The maximum absolute atomic E-state index is 5.76. The maximum atomic E-state index is 5.76. The van der Waals surface area contributed by atoms with Gasteiger partial charge in [0, 0.05) is 11.2 Å². The first-order valence-corrected chi connectivity index (χ1v) is 4.66. The summed E-state index contributed by atoms with van der Waals surface area (Å²) in [5.74, 6) is 0. The molecule has 0 aliphatic carbocycles. The molecule has 0 aromatic heterocycles. The third-order valence-electron chi connectivity index (χ3n) is 1.47. The van der Waals surface area contributed by atoms with E-state index in [2.05, 4.69) is 25.8 Å². The Balaban J connectivity index is 2.75. The molecule has 0 unspecified atom stereocenters. The van der Waals surface area contributed by atoms with Crippen LogP contribution in [0.15, 0.2) is 29.3 Å². The van der Waals surface area contributed by atoms with Crippen LogP contribution in [0.4, 0.5) is 0 Å². The highest BCUT2D eigenvalue weighted by molar-refractivity contribution is 6.30. The van der Waals surface area contributed by atoms with Gasteiger partial charge in [0.05, 0.1) is 5.54 Å². The van der Waals surface area contributed by atoms with E-state index in [1.165, 1.54) is 0 Å². The number of hydrogen-bond donors (Lipinski definition) is 0. The van der Waals surface area contributed by atoms with Crippen LogP contribution in [0, 0.1) is 0 Å². The van der Waals surface area contributed by atoms with E-state index in [-0.39, 0.29) is 5.54 Å². The molecule has 0 amide bonds. The van der Waals surface area contributed by atoms with Crippen LogP contribution >= 0.6 is 11.6 Å². The van der Waals surface area contributed by atoms with E-state index in [4.69, 9.17) is 11.6 Å². The van der Waals surface area contributed by atoms with Gasteiger partial charge >= 0.3 is 0 Å². The molecule has 0 fully saturated rings. The molecule has 0 bridgehead atoms. The number of hydrogen-bond acceptors (Lipinski definition) is 1. The molecule has 0 spiro atoms. The van der Waals surface area contributed by atoms with Gasteiger partial charge < -0.3 is 0 Å². The van der Waals surface area contributed by atoms with Gasteiger partial charge in [0.15, 0.2) is 0 Å². The Morgan fingerprint density at radius 2 is 1.69 bits per heavy atom. The van der Waals surface area contributed by atoms with Gasteiger partial charge in [0.25, 0.3) is 0 Å². The van der Waals surface area contributed by atoms with E-state index in [0.717, 1.165) is 10.6 Å². The standard InChI is InChI=1S/C11H14ClN/c1-11(2,3)13-8-9-4-6-10(12)7-5-9/h4-8H,1-3H3. The van der Waals surface area contributed by atoms with E-state index in [1.54, 1.807) is 0 Å². The zero-order valence-corrected chi connectivity index (χ0v) is 8.97. The minimum Gasteiger partial charge on any atom is -0.287 e. The van der Waals surface area contributed by atoms with Crippen LogP contribution in [0.5, 0.6) is 0 Å². The van der Waals surface area contributed by atoms with E-state index < -0.39 is 0 Å². The predicted molar refractivity (Wildman–Crippen MR) is 58.8 cm³/mol. The van der Waals surface area contributed by atoms with Crippen molar-refractivity contribution in [2.75, 3.05) is 0 Å².